The van der Waals surface area contributed by atoms with E-state index in [1.807, 2.05) is 0 Å². The molecule has 0 saturated heterocycles. The molecule has 8 nitrogen and oxygen atoms in total. The van der Waals surface area contributed by atoms with Crippen molar-refractivity contribution in [1.29, 1.82) is 0 Å². The highest BCUT2D eigenvalue weighted by Gasteiger charge is 2.23. The number of halogens is 2. The molecule has 164 valence electrons. The van der Waals surface area contributed by atoms with E-state index in [1.54, 1.807) is 12.1 Å². The molecule has 0 aliphatic heterocycles. The predicted octanol–water partition coefficient (Wildman–Crippen LogP) is 2.33. The van der Waals surface area contributed by atoms with Crippen molar-refractivity contribution in [3.63, 3.8) is 0 Å². The van der Waals surface area contributed by atoms with E-state index in [0.29, 0.717) is 15.6 Å². The number of rotatable bonds is 8. The van der Waals surface area contributed by atoms with Gasteiger partial charge in [-0.25, -0.2) is 21.1 Å². The summed E-state index contributed by atoms with van der Waals surface area (Å²) in [6, 6.07) is 10.1. The number of hydrogen-bond donors (Lipinski definition) is 1. The second-order valence-electron chi connectivity index (χ2n) is 6.56. The van der Waals surface area contributed by atoms with Gasteiger partial charge in [-0.2, -0.15) is 0 Å². The lowest BCUT2D eigenvalue weighted by molar-refractivity contribution is -0.119. The lowest BCUT2D eigenvalue weighted by Gasteiger charge is -2.22. The zero-order chi connectivity index (χ0) is 22.7. The summed E-state index contributed by atoms with van der Waals surface area (Å²) in [6.07, 6.45) is 0.959. The molecule has 2 aromatic carbocycles. The summed E-state index contributed by atoms with van der Waals surface area (Å²) in [5.41, 5.74) is 0.786. The van der Waals surface area contributed by atoms with E-state index < -0.39 is 32.5 Å². The van der Waals surface area contributed by atoms with E-state index in [-0.39, 0.29) is 17.1 Å². The Kier molecular flexibility index (Phi) is 7.75. The van der Waals surface area contributed by atoms with E-state index in [1.165, 1.54) is 44.4 Å². The van der Waals surface area contributed by atoms with Crippen molar-refractivity contribution in [2.24, 2.45) is 0 Å². The first-order chi connectivity index (χ1) is 13.8. The molecule has 0 fully saturated rings. The summed E-state index contributed by atoms with van der Waals surface area (Å²) in [5.74, 6) is -0.559. The van der Waals surface area contributed by atoms with Gasteiger partial charge < -0.3 is 5.32 Å². The summed E-state index contributed by atoms with van der Waals surface area (Å²) in [5, 5.41) is 3.44. The van der Waals surface area contributed by atoms with Gasteiger partial charge in [-0.05, 0) is 42.0 Å². The largest absolute Gasteiger partial charge is 0.350 e. The minimum Gasteiger partial charge on any atom is -0.350 e. The summed E-state index contributed by atoms with van der Waals surface area (Å²) < 4.78 is 50.7. The van der Waals surface area contributed by atoms with Gasteiger partial charge in [-0.15, -0.1) is 0 Å². The van der Waals surface area contributed by atoms with Crippen LogP contribution in [0.4, 0.5) is 5.69 Å². The van der Waals surface area contributed by atoms with Crippen molar-refractivity contribution >= 4 is 54.8 Å². The molecule has 0 spiro atoms. The average Bonchev–Trinajstić information content (AvgIpc) is 2.64. The van der Waals surface area contributed by atoms with Crippen LogP contribution in [0.3, 0.4) is 0 Å². The van der Waals surface area contributed by atoms with Crippen molar-refractivity contribution < 1.29 is 21.6 Å². The first-order valence-corrected chi connectivity index (χ1v) is 12.6. The minimum absolute atomic E-state index is 0.00605. The average molecular weight is 494 g/mol. The van der Waals surface area contributed by atoms with Crippen LogP contribution in [0, 0.1) is 0 Å². The Hall–Kier alpha value is -1.85. The fourth-order valence-corrected chi connectivity index (χ4v) is 4.67. The van der Waals surface area contributed by atoms with E-state index in [2.05, 4.69) is 5.32 Å². The number of sulfonamides is 2. The van der Waals surface area contributed by atoms with Gasteiger partial charge in [0.1, 0.15) is 6.54 Å². The fraction of sp³-hybridized carbons (Fsp3) is 0.278. The molecule has 12 heteroatoms. The Bertz CT molecular complexity index is 1130. The third-order valence-electron chi connectivity index (χ3n) is 4.08. The van der Waals surface area contributed by atoms with Crippen LogP contribution in [-0.4, -0.2) is 53.9 Å². The number of amides is 1. The van der Waals surface area contributed by atoms with E-state index >= 15 is 0 Å². The molecule has 0 atom stereocenters. The van der Waals surface area contributed by atoms with Gasteiger partial charge in [0.15, 0.2) is 0 Å². The molecular formula is C18H21Cl2N3O5S2. The zero-order valence-corrected chi connectivity index (χ0v) is 19.6. The van der Waals surface area contributed by atoms with Crippen LogP contribution in [0.25, 0.3) is 0 Å². The minimum atomic E-state index is -3.81. The SMILES string of the molecule is CN(C)S(=O)(=O)c1ccc(N(CC(=O)NCc2ccc(Cl)cc2Cl)S(C)(=O)=O)cc1. The van der Waals surface area contributed by atoms with Crippen LogP contribution in [0.5, 0.6) is 0 Å². The maximum Gasteiger partial charge on any atom is 0.242 e. The normalized spacial score (nSPS) is 12.1. The molecule has 0 saturated carbocycles. The molecule has 0 aliphatic carbocycles. The smallest absolute Gasteiger partial charge is 0.242 e. The number of nitrogens with zero attached hydrogens (tertiary/aromatic N) is 2. The first kappa shape index (κ1) is 24.4. The van der Waals surface area contributed by atoms with Crippen LogP contribution in [-0.2, 0) is 31.4 Å². The lowest BCUT2D eigenvalue weighted by Crippen LogP contribution is -2.40. The molecule has 1 N–H and O–H groups in total. The number of carbonyl (C=O) groups is 1. The second kappa shape index (κ2) is 9.52. The molecule has 0 aromatic heterocycles. The predicted molar refractivity (Wildman–Crippen MR) is 118 cm³/mol. The van der Waals surface area contributed by atoms with Crippen molar-refractivity contribution in [1.82, 2.24) is 9.62 Å². The highest BCUT2D eigenvalue weighted by molar-refractivity contribution is 7.92. The van der Waals surface area contributed by atoms with Gasteiger partial charge in [0.2, 0.25) is 26.0 Å². The molecule has 2 aromatic rings. The molecule has 0 unspecified atom stereocenters. The van der Waals surface area contributed by atoms with Gasteiger partial charge in [0.05, 0.1) is 16.8 Å². The van der Waals surface area contributed by atoms with Gasteiger partial charge >= 0.3 is 0 Å². The monoisotopic (exact) mass is 493 g/mol. The van der Waals surface area contributed by atoms with Crippen molar-refractivity contribution in [3.05, 3.63) is 58.1 Å². The van der Waals surface area contributed by atoms with E-state index in [9.17, 15) is 21.6 Å². The van der Waals surface area contributed by atoms with Crippen LogP contribution >= 0.6 is 23.2 Å². The maximum atomic E-state index is 12.4. The van der Waals surface area contributed by atoms with Gasteiger partial charge in [-0.1, -0.05) is 29.3 Å². The second-order valence-corrected chi connectivity index (χ2v) is 11.5. The third-order valence-corrected chi connectivity index (χ3v) is 7.64. The molecular weight excluding hydrogens is 473 g/mol. The van der Waals surface area contributed by atoms with E-state index in [0.717, 1.165) is 14.9 Å². The highest BCUT2D eigenvalue weighted by Crippen LogP contribution is 2.22. The first-order valence-electron chi connectivity index (χ1n) is 8.53. The zero-order valence-electron chi connectivity index (χ0n) is 16.5. The number of anilines is 1. The Morgan fingerprint density at radius 1 is 1.00 bits per heavy atom. The highest BCUT2D eigenvalue weighted by atomic mass is 35.5. The molecule has 2 rings (SSSR count). The van der Waals surface area contributed by atoms with Crippen molar-refractivity contribution in [2.45, 2.75) is 11.4 Å². The molecule has 0 radical (unpaired) electrons. The quantitative estimate of drug-likeness (QED) is 0.607. The summed E-state index contributed by atoms with van der Waals surface area (Å²) in [6.45, 7) is -0.393. The summed E-state index contributed by atoms with van der Waals surface area (Å²) in [7, 11) is -4.68. The van der Waals surface area contributed by atoms with Crippen LogP contribution in [0.2, 0.25) is 10.0 Å². The van der Waals surface area contributed by atoms with E-state index in [4.69, 9.17) is 23.2 Å². The molecule has 1 amide bonds. The molecule has 30 heavy (non-hydrogen) atoms. The molecule has 0 heterocycles. The Morgan fingerprint density at radius 2 is 1.60 bits per heavy atom. The third kappa shape index (κ3) is 6.08. The van der Waals surface area contributed by atoms with Crippen molar-refractivity contribution in [3.8, 4) is 0 Å². The van der Waals surface area contributed by atoms with Crippen molar-refractivity contribution in [2.75, 3.05) is 31.2 Å². The lowest BCUT2D eigenvalue weighted by atomic mass is 10.2. The summed E-state index contributed by atoms with van der Waals surface area (Å²) >= 11 is 11.9. The number of hydrogen-bond acceptors (Lipinski definition) is 5. The molecule has 0 bridgehead atoms. The number of benzene rings is 2. The number of nitrogens with one attached hydrogen (secondary N) is 1. The topological polar surface area (TPSA) is 104 Å². The molecule has 0 aliphatic rings. The van der Waals surface area contributed by atoms with Crippen LogP contribution < -0.4 is 9.62 Å². The number of carbonyl (C=O) groups excluding carboxylic acids is 1. The standard InChI is InChI=1S/C18H21Cl2N3O5S2/c1-22(2)30(27,28)16-8-6-15(7-9-16)23(29(3,25)26)12-18(24)21-11-13-4-5-14(19)10-17(13)20/h4-10H,11-12H2,1-3H3,(H,21,24). The van der Waals surface area contributed by atoms with Crippen LogP contribution in [0.15, 0.2) is 47.4 Å². The van der Waals surface area contributed by atoms with Crippen LogP contribution in [0.1, 0.15) is 5.56 Å². The van der Waals surface area contributed by atoms with Gasteiger partial charge in [0, 0.05) is 30.7 Å². The fourth-order valence-electron chi connectivity index (χ4n) is 2.44. The Balaban J connectivity index is 2.17. The maximum absolute atomic E-state index is 12.4. The van der Waals surface area contributed by atoms with Gasteiger partial charge in [-0.3, -0.25) is 9.10 Å². The van der Waals surface area contributed by atoms with Gasteiger partial charge in [0.25, 0.3) is 0 Å². The Labute approximate surface area is 186 Å². The summed E-state index contributed by atoms with van der Waals surface area (Å²) in [4.78, 5) is 12.4. The Morgan fingerprint density at radius 3 is 2.10 bits per heavy atom.